The molecule has 0 saturated carbocycles. The summed E-state index contributed by atoms with van der Waals surface area (Å²) in [6.07, 6.45) is -5.67. The molecule has 2 rings (SSSR count). The summed E-state index contributed by atoms with van der Waals surface area (Å²) in [6, 6.07) is 5.12. The third kappa shape index (κ3) is 7.79. The molecule has 0 spiro atoms. The zero-order valence-electron chi connectivity index (χ0n) is 17.7. The van der Waals surface area contributed by atoms with Crippen molar-refractivity contribution in [2.45, 2.75) is 19.5 Å². The fourth-order valence-electron chi connectivity index (χ4n) is 2.57. The Kier molecular flexibility index (Phi) is 9.37. The third-order valence-corrected chi connectivity index (χ3v) is 5.29. The van der Waals surface area contributed by atoms with Gasteiger partial charge >= 0.3 is 12.1 Å². The molecule has 0 atom stereocenters. The Morgan fingerprint density at radius 2 is 1.80 bits per heavy atom. The maximum atomic E-state index is 12.8. The van der Waals surface area contributed by atoms with Crippen molar-refractivity contribution in [3.63, 3.8) is 0 Å². The number of esters is 1. The van der Waals surface area contributed by atoms with Gasteiger partial charge in [-0.2, -0.15) is 13.2 Å². The molecule has 0 fully saturated rings. The highest BCUT2D eigenvalue weighted by molar-refractivity contribution is 8.15. The minimum Gasteiger partial charge on any atom is -0.465 e. The molecule has 35 heavy (non-hydrogen) atoms. The van der Waals surface area contributed by atoms with Crippen molar-refractivity contribution >= 4 is 51.7 Å². The summed E-state index contributed by atoms with van der Waals surface area (Å²) >= 11 is 6.15. The highest BCUT2D eigenvalue weighted by Crippen LogP contribution is 2.37. The fraction of sp³-hybridized carbons (Fsp3) is 0.238. The Bertz CT molecular complexity index is 1190. The van der Waals surface area contributed by atoms with Crippen molar-refractivity contribution in [3.05, 3.63) is 62.7 Å². The molecule has 2 aromatic carbocycles. The molecule has 2 aromatic rings. The second-order valence-corrected chi connectivity index (χ2v) is 7.94. The van der Waals surface area contributed by atoms with E-state index in [0.29, 0.717) is 23.9 Å². The second kappa shape index (κ2) is 11.8. The van der Waals surface area contributed by atoms with E-state index in [2.05, 4.69) is 4.74 Å². The van der Waals surface area contributed by atoms with E-state index in [4.69, 9.17) is 16.3 Å². The van der Waals surface area contributed by atoms with E-state index < -0.39 is 67.8 Å². The number of nitro benzene ring substituents is 1. The van der Waals surface area contributed by atoms with Crippen molar-refractivity contribution in [1.29, 1.82) is 0 Å². The minimum atomic E-state index is -4.65. The first-order valence-electron chi connectivity index (χ1n) is 9.55. The SMILES string of the molecule is CCOC(=O)CSC(=O)C(=O)CC(=O)c1cc(Oc2ccc(C(F)(F)F)cc2Cl)ccc1[N+](=O)[O-]. The summed E-state index contributed by atoms with van der Waals surface area (Å²) < 4.78 is 48.4. The van der Waals surface area contributed by atoms with Gasteiger partial charge in [-0.1, -0.05) is 23.4 Å². The molecular formula is C21H15ClF3NO8S. The molecule has 0 saturated heterocycles. The highest BCUT2D eigenvalue weighted by atomic mass is 35.5. The van der Waals surface area contributed by atoms with Gasteiger partial charge in [0.05, 0.1) is 39.9 Å². The maximum absolute atomic E-state index is 12.8. The van der Waals surface area contributed by atoms with Crippen molar-refractivity contribution < 1.29 is 46.7 Å². The Morgan fingerprint density at radius 1 is 1.11 bits per heavy atom. The lowest BCUT2D eigenvalue weighted by atomic mass is 10.0. The van der Waals surface area contributed by atoms with Crippen molar-refractivity contribution in [2.75, 3.05) is 12.4 Å². The van der Waals surface area contributed by atoms with Crippen LogP contribution in [-0.2, 0) is 25.3 Å². The number of carbonyl (C=O) groups excluding carboxylic acids is 4. The molecule has 0 N–H and O–H groups in total. The molecule has 0 unspecified atom stereocenters. The Hall–Kier alpha value is -3.45. The lowest BCUT2D eigenvalue weighted by Crippen LogP contribution is -2.18. The fourth-order valence-corrected chi connectivity index (χ4v) is 3.35. The van der Waals surface area contributed by atoms with Crippen LogP contribution in [0.5, 0.6) is 11.5 Å². The van der Waals surface area contributed by atoms with Gasteiger partial charge in [-0.05, 0) is 37.3 Å². The van der Waals surface area contributed by atoms with Gasteiger partial charge in [0.1, 0.15) is 11.5 Å². The minimum absolute atomic E-state index is 0.0692. The number of benzene rings is 2. The van der Waals surface area contributed by atoms with Gasteiger partial charge in [-0.15, -0.1) is 0 Å². The normalized spacial score (nSPS) is 11.0. The van der Waals surface area contributed by atoms with Gasteiger partial charge in [-0.3, -0.25) is 29.3 Å². The largest absolute Gasteiger partial charge is 0.465 e. The first-order chi connectivity index (χ1) is 16.3. The highest BCUT2D eigenvalue weighted by Gasteiger charge is 2.31. The number of carbonyl (C=O) groups is 4. The van der Waals surface area contributed by atoms with Gasteiger partial charge < -0.3 is 9.47 Å². The van der Waals surface area contributed by atoms with Crippen LogP contribution in [0.2, 0.25) is 5.02 Å². The quantitative estimate of drug-likeness (QED) is 0.103. The maximum Gasteiger partial charge on any atom is 0.416 e. The molecule has 0 aliphatic heterocycles. The Morgan fingerprint density at radius 3 is 2.37 bits per heavy atom. The zero-order valence-corrected chi connectivity index (χ0v) is 19.3. The standard InChI is InChI=1S/C21H15ClF3NO8S/c1-2-33-19(29)10-35-20(30)17(28)9-16(27)13-8-12(4-5-15(13)26(31)32)34-18-6-3-11(7-14(18)22)21(23,24)25/h3-8H,2,9-10H2,1H3. The summed E-state index contributed by atoms with van der Waals surface area (Å²) in [5.41, 5.74) is -2.30. The predicted molar refractivity (Wildman–Crippen MR) is 118 cm³/mol. The predicted octanol–water partition coefficient (Wildman–Crippen LogP) is 5.02. The van der Waals surface area contributed by atoms with Gasteiger partial charge in [0.15, 0.2) is 5.78 Å². The number of nitro groups is 1. The third-order valence-electron chi connectivity index (χ3n) is 4.13. The summed E-state index contributed by atoms with van der Waals surface area (Å²) in [5.74, 6) is -3.91. The summed E-state index contributed by atoms with van der Waals surface area (Å²) in [7, 11) is 0. The van der Waals surface area contributed by atoms with E-state index in [1.165, 1.54) is 0 Å². The number of alkyl halides is 3. The van der Waals surface area contributed by atoms with Gasteiger partial charge in [0.2, 0.25) is 5.78 Å². The number of ether oxygens (including phenoxy) is 2. The molecule has 0 aliphatic rings. The average Bonchev–Trinajstić information content (AvgIpc) is 2.78. The summed E-state index contributed by atoms with van der Waals surface area (Å²) in [4.78, 5) is 58.2. The summed E-state index contributed by atoms with van der Waals surface area (Å²) in [6.45, 7) is 1.62. The first kappa shape index (κ1) is 27.8. The molecule has 0 amide bonds. The molecule has 0 bridgehead atoms. The van der Waals surface area contributed by atoms with E-state index >= 15 is 0 Å². The van der Waals surface area contributed by atoms with Crippen molar-refractivity contribution in [1.82, 2.24) is 0 Å². The van der Waals surface area contributed by atoms with Crippen LogP contribution in [0.3, 0.4) is 0 Å². The number of hydrogen-bond acceptors (Lipinski definition) is 9. The number of ketones is 2. The van der Waals surface area contributed by atoms with E-state index in [9.17, 15) is 42.5 Å². The molecule has 9 nitrogen and oxygen atoms in total. The second-order valence-electron chi connectivity index (χ2n) is 6.59. The summed E-state index contributed by atoms with van der Waals surface area (Å²) in [5, 5.41) is 9.79. The van der Waals surface area contributed by atoms with Crippen LogP contribution in [-0.4, -0.2) is 39.9 Å². The Labute approximate surface area is 204 Å². The first-order valence-corrected chi connectivity index (χ1v) is 10.9. The number of thioether (sulfide) groups is 1. The van der Waals surface area contributed by atoms with Crippen LogP contribution in [0, 0.1) is 10.1 Å². The lowest BCUT2D eigenvalue weighted by molar-refractivity contribution is -0.385. The number of rotatable bonds is 10. The van der Waals surface area contributed by atoms with Crippen LogP contribution in [0.15, 0.2) is 36.4 Å². The van der Waals surface area contributed by atoms with Crippen LogP contribution < -0.4 is 4.74 Å². The van der Waals surface area contributed by atoms with Crippen molar-refractivity contribution in [3.8, 4) is 11.5 Å². The molecule has 14 heteroatoms. The molecule has 0 aromatic heterocycles. The monoisotopic (exact) mass is 533 g/mol. The van der Waals surface area contributed by atoms with Crippen LogP contribution >= 0.6 is 23.4 Å². The van der Waals surface area contributed by atoms with Crippen LogP contribution in [0.1, 0.15) is 29.3 Å². The molecule has 0 heterocycles. The topological polar surface area (TPSA) is 130 Å². The van der Waals surface area contributed by atoms with E-state index in [1.54, 1.807) is 6.92 Å². The van der Waals surface area contributed by atoms with E-state index in [-0.39, 0.29) is 18.1 Å². The van der Waals surface area contributed by atoms with Gasteiger partial charge in [0.25, 0.3) is 10.8 Å². The number of Topliss-reactive ketones (excluding diaryl/α,β-unsaturated/α-hetero) is 2. The number of nitrogens with zero attached hydrogens (tertiary/aromatic N) is 1. The van der Waals surface area contributed by atoms with E-state index in [1.807, 2.05) is 0 Å². The van der Waals surface area contributed by atoms with E-state index in [0.717, 1.165) is 24.3 Å². The lowest BCUT2D eigenvalue weighted by Gasteiger charge is -2.12. The molecule has 0 aliphatic carbocycles. The smallest absolute Gasteiger partial charge is 0.416 e. The van der Waals surface area contributed by atoms with Crippen LogP contribution in [0.25, 0.3) is 0 Å². The Balaban J connectivity index is 2.22. The number of hydrogen-bond donors (Lipinski definition) is 0. The molecular weight excluding hydrogens is 519 g/mol. The zero-order chi connectivity index (χ0) is 26.3. The molecule has 0 radical (unpaired) electrons. The number of halogens is 4. The average molecular weight is 534 g/mol. The van der Waals surface area contributed by atoms with Crippen molar-refractivity contribution in [2.24, 2.45) is 0 Å². The van der Waals surface area contributed by atoms with Gasteiger partial charge in [0, 0.05) is 6.07 Å². The van der Waals surface area contributed by atoms with Crippen LogP contribution in [0.4, 0.5) is 18.9 Å². The van der Waals surface area contributed by atoms with Gasteiger partial charge in [-0.25, -0.2) is 0 Å². The molecule has 186 valence electrons.